The van der Waals surface area contributed by atoms with Crippen molar-refractivity contribution in [2.45, 2.75) is 89.9 Å². The van der Waals surface area contributed by atoms with E-state index in [1.54, 1.807) is 14.2 Å². The fraction of sp³-hybridized carbons (Fsp3) is 0.720. The van der Waals surface area contributed by atoms with E-state index in [1.807, 2.05) is 24.3 Å². The van der Waals surface area contributed by atoms with Crippen LogP contribution in [0.2, 0.25) is 0 Å². The lowest BCUT2D eigenvalue weighted by molar-refractivity contribution is -0.146. The summed E-state index contributed by atoms with van der Waals surface area (Å²) in [6.07, 6.45) is 17.4. The van der Waals surface area contributed by atoms with Crippen LogP contribution in [-0.2, 0) is 9.59 Å². The van der Waals surface area contributed by atoms with E-state index in [2.05, 4.69) is 54.5 Å². The van der Waals surface area contributed by atoms with Crippen LogP contribution in [-0.4, -0.2) is 120 Å². The topological polar surface area (TPSA) is 121 Å². The van der Waals surface area contributed by atoms with E-state index < -0.39 is 0 Å². The summed E-state index contributed by atoms with van der Waals surface area (Å²) in [6.45, 7) is 12.2. The first kappa shape index (κ1) is 49.5. The van der Waals surface area contributed by atoms with Gasteiger partial charge in [0.2, 0.25) is 11.8 Å². The van der Waals surface area contributed by atoms with Crippen LogP contribution in [0.5, 0.6) is 11.5 Å². The van der Waals surface area contributed by atoms with E-state index in [-0.39, 0.29) is 41.1 Å². The molecule has 8 bridgehead atoms. The zero-order chi connectivity index (χ0) is 41.1. The molecule has 2 heterocycles. The predicted molar refractivity (Wildman–Crippen MR) is 258 cm³/mol. The predicted octanol–water partition coefficient (Wildman–Crippen LogP) is 7.10. The highest BCUT2D eigenvalue weighted by Crippen LogP contribution is 2.61. The van der Waals surface area contributed by atoms with Gasteiger partial charge in [0.25, 0.3) is 0 Å². The van der Waals surface area contributed by atoms with Crippen LogP contribution < -0.4 is 29.9 Å². The van der Waals surface area contributed by atoms with E-state index in [0.717, 1.165) is 177 Å². The van der Waals surface area contributed by atoms with Crippen molar-refractivity contribution in [2.75, 3.05) is 103 Å². The maximum absolute atomic E-state index is 13.1. The number of carbonyl (C=O) groups excluding carboxylic acids is 2. The molecule has 0 radical (unpaired) electrons. The average Bonchev–Trinajstić information content (AvgIpc) is 3.26. The Labute approximate surface area is 390 Å². The molecule has 352 valence electrons. The van der Waals surface area contributed by atoms with Gasteiger partial charge in [0, 0.05) is 76.3 Å². The smallest absolute Gasteiger partial charge is 0.226 e. The average molecular weight is 914 g/mol. The number of anilines is 2. The SMILES string of the molecule is COc1ccccc1N1CCN(CCCNC(=O)C23CC4CC(CC(C4)C2)C3)CC1.COc1ccccc1N1CCN(CCCNC(=O)C23CC4CC(CC(C4)C2)C3)CC1.Cl.Cl.O. The van der Waals surface area contributed by atoms with Crippen LogP contribution in [0.4, 0.5) is 11.4 Å². The Balaban J connectivity index is 0.000000200. The van der Waals surface area contributed by atoms with Crippen LogP contribution in [0.25, 0.3) is 0 Å². The van der Waals surface area contributed by atoms with Crippen LogP contribution in [0.15, 0.2) is 48.5 Å². The number of nitrogens with one attached hydrogen (secondary N) is 2. The van der Waals surface area contributed by atoms with Gasteiger partial charge in [0.15, 0.2) is 0 Å². The van der Waals surface area contributed by atoms with E-state index >= 15 is 0 Å². The first-order chi connectivity index (χ1) is 29.3. The summed E-state index contributed by atoms with van der Waals surface area (Å²) in [4.78, 5) is 36.0. The van der Waals surface area contributed by atoms with E-state index in [0.29, 0.717) is 11.8 Å². The van der Waals surface area contributed by atoms with E-state index in [1.165, 1.54) is 49.9 Å². The molecule has 13 heteroatoms. The van der Waals surface area contributed by atoms with Gasteiger partial charge in [-0.15, -0.1) is 24.8 Å². The molecule has 0 aromatic heterocycles. The molecular weight excluding hydrogens is 835 g/mol. The molecule has 2 amide bonds. The van der Waals surface area contributed by atoms with Crippen molar-refractivity contribution in [3.63, 3.8) is 0 Å². The second-order valence-corrected chi connectivity index (χ2v) is 20.6. The second-order valence-electron chi connectivity index (χ2n) is 20.6. The molecule has 2 aromatic carbocycles. The highest BCUT2D eigenvalue weighted by molar-refractivity contribution is 5.86. The lowest BCUT2D eigenvalue weighted by atomic mass is 9.49. The number of amides is 2. The van der Waals surface area contributed by atoms with Gasteiger partial charge in [0.1, 0.15) is 11.5 Å². The molecule has 10 fully saturated rings. The molecule has 2 saturated heterocycles. The third kappa shape index (κ3) is 11.2. The monoisotopic (exact) mass is 913 g/mol. The molecule has 8 saturated carbocycles. The van der Waals surface area contributed by atoms with Gasteiger partial charge in [-0.05, 0) is 163 Å². The molecule has 2 aromatic rings. The fourth-order valence-corrected chi connectivity index (χ4v) is 14.4. The number of methoxy groups -OCH3 is 2. The molecule has 12 rings (SSSR count). The third-order valence-electron chi connectivity index (χ3n) is 16.5. The minimum Gasteiger partial charge on any atom is -0.495 e. The molecule has 4 N–H and O–H groups in total. The number of carbonyl (C=O) groups is 2. The quantitative estimate of drug-likeness (QED) is 0.193. The van der Waals surface area contributed by atoms with Crippen molar-refractivity contribution in [3.8, 4) is 11.5 Å². The summed E-state index contributed by atoms with van der Waals surface area (Å²) in [7, 11) is 3.49. The molecule has 11 nitrogen and oxygen atoms in total. The largest absolute Gasteiger partial charge is 0.495 e. The molecule has 0 unspecified atom stereocenters. The first-order valence-corrected chi connectivity index (χ1v) is 24.1. The van der Waals surface area contributed by atoms with Gasteiger partial charge in [0.05, 0.1) is 25.6 Å². The molecule has 0 atom stereocenters. The van der Waals surface area contributed by atoms with Crippen molar-refractivity contribution in [3.05, 3.63) is 48.5 Å². The zero-order valence-electron chi connectivity index (χ0n) is 38.2. The van der Waals surface area contributed by atoms with Gasteiger partial charge >= 0.3 is 0 Å². The Hall–Kier alpha value is -2.96. The highest BCUT2D eigenvalue weighted by atomic mass is 35.5. The van der Waals surface area contributed by atoms with Crippen LogP contribution >= 0.6 is 24.8 Å². The summed E-state index contributed by atoms with van der Waals surface area (Å²) in [6, 6.07) is 16.6. The maximum atomic E-state index is 13.1. The lowest BCUT2D eigenvalue weighted by Gasteiger charge is -2.55. The Bertz CT molecular complexity index is 1590. The number of hydrogen-bond acceptors (Lipinski definition) is 8. The summed E-state index contributed by atoms with van der Waals surface area (Å²) in [5.74, 6) is 7.68. The summed E-state index contributed by atoms with van der Waals surface area (Å²) >= 11 is 0. The number of hydrogen-bond donors (Lipinski definition) is 2. The van der Waals surface area contributed by atoms with Crippen molar-refractivity contribution < 1.29 is 24.5 Å². The summed E-state index contributed by atoms with van der Waals surface area (Å²) in [5.41, 5.74) is 2.38. The van der Waals surface area contributed by atoms with Crippen LogP contribution in [0, 0.1) is 46.3 Å². The molecule has 63 heavy (non-hydrogen) atoms. The number of ether oxygens (including phenoxy) is 2. The molecule has 10 aliphatic rings. The summed E-state index contributed by atoms with van der Waals surface area (Å²) < 4.78 is 11.0. The molecular formula is C50H78Cl2N6O5. The Kier molecular flexibility index (Phi) is 17.3. The van der Waals surface area contributed by atoms with E-state index in [9.17, 15) is 9.59 Å². The molecule has 2 aliphatic heterocycles. The molecule has 8 aliphatic carbocycles. The minimum atomic E-state index is -0.00485. The van der Waals surface area contributed by atoms with Crippen LogP contribution in [0.1, 0.15) is 89.9 Å². The number of para-hydroxylation sites is 4. The lowest BCUT2D eigenvalue weighted by Crippen LogP contribution is -2.53. The van der Waals surface area contributed by atoms with Gasteiger partial charge in [-0.25, -0.2) is 0 Å². The van der Waals surface area contributed by atoms with Crippen LogP contribution in [0.3, 0.4) is 0 Å². The Morgan fingerprint density at radius 3 is 1.13 bits per heavy atom. The second kappa shape index (κ2) is 22.0. The van der Waals surface area contributed by atoms with Crippen molar-refractivity contribution in [2.24, 2.45) is 46.3 Å². The standard InChI is InChI=1S/2C25H37N3O2.2ClH.H2O/c2*1-30-23-6-3-2-5-22(23)28-11-9-27(10-12-28)8-4-7-26-24(29)25-16-19-13-20(17-25)15-21(14-19)18-25;;;/h2*2-3,5-6,19-21H,4,7-18H2,1H3,(H,26,29);2*1H;1H2. The zero-order valence-corrected chi connectivity index (χ0v) is 39.8. The molecule has 0 spiro atoms. The normalized spacial score (nSPS) is 31.4. The first-order valence-electron chi connectivity index (χ1n) is 24.1. The highest BCUT2D eigenvalue weighted by Gasteiger charge is 2.55. The van der Waals surface area contributed by atoms with Gasteiger partial charge in [-0.1, -0.05) is 24.3 Å². The van der Waals surface area contributed by atoms with Gasteiger partial charge < -0.3 is 35.4 Å². The number of benzene rings is 2. The third-order valence-corrected chi connectivity index (χ3v) is 16.5. The summed E-state index contributed by atoms with van der Waals surface area (Å²) in [5, 5.41) is 6.67. The minimum absolute atomic E-state index is 0. The van der Waals surface area contributed by atoms with Crippen molar-refractivity contribution in [1.29, 1.82) is 0 Å². The van der Waals surface area contributed by atoms with Gasteiger partial charge in [-0.2, -0.15) is 0 Å². The number of nitrogens with zero attached hydrogens (tertiary/aromatic N) is 4. The maximum Gasteiger partial charge on any atom is 0.226 e. The fourth-order valence-electron chi connectivity index (χ4n) is 14.4. The number of piperazine rings is 2. The Morgan fingerprint density at radius 2 is 0.825 bits per heavy atom. The number of rotatable bonds is 14. The Morgan fingerprint density at radius 1 is 0.524 bits per heavy atom. The van der Waals surface area contributed by atoms with Crippen molar-refractivity contribution in [1.82, 2.24) is 20.4 Å². The van der Waals surface area contributed by atoms with Gasteiger partial charge in [-0.3, -0.25) is 19.4 Å². The number of halogens is 2. The van der Waals surface area contributed by atoms with Crippen molar-refractivity contribution >= 4 is 48.0 Å². The van der Waals surface area contributed by atoms with E-state index in [4.69, 9.17) is 9.47 Å².